The molecule has 0 atom stereocenters. The molecular weight excluding hydrogens is 234 g/mol. The maximum atomic E-state index is 11.0. The number of nitrogens with one attached hydrogen (secondary N) is 1. The van der Waals surface area contributed by atoms with Gasteiger partial charge in [-0.1, -0.05) is 0 Å². The summed E-state index contributed by atoms with van der Waals surface area (Å²) in [5.74, 6) is 0. The summed E-state index contributed by atoms with van der Waals surface area (Å²) in [7, 11) is 2.14. The summed E-state index contributed by atoms with van der Waals surface area (Å²) in [5, 5.41) is 0. The lowest BCUT2D eigenvalue weighted by Gasteiger charge is -2.20. The zero-order valence-corrected chi connectivity index (χ0v) is 11.6. The average Bonchev–Trinajstić information content (AvgIpc) is 2.26. The predicted molar refractivity (Wildman–Crippen MR) is 72.9 cm³/mol. The first-order valence-electron chi connectivity index (χ1n) is 6.00. The summed E-state index contributed by atoms with van der Waals surface area (Å²) < 4.78 is 2.42. The Hall–Kier alpha value is -0.940. The van der Waals surface area contributed by atoms with E-state index in [2.05, 4.69) is 30.8 Å². The zero-order valence-electron chi connectivity index (χ0n) is 10.8. The third kappa shape index (κ3) is 4.83. The lowest BCUT2D eigenvalue weighted by Crippen LogP contribution is -2.27. The smallest absolute Gasteiger partial charge is 0.251 e. The minimum absolute atomic E-state index is 0.134. The third-order valence-electron chi connectivity index (χ3n) is 2.94. The van der Waals surface area contributed by atoms with Gasteiger partial charge in [0.25, 0.3) is 5.56 Å². The Bertz CT molecular complexity index is 450. The second kappa shape index (κ2) is 6.71. The lowest BCUT2D eigenvalue weighted by molar-refractivity contribution is 0.266. The molecule has 1 aromatic rings. The number of unbranched alkanes of at least 4 members (excludes halogenated alkanes) is 1. The van der Waals surface area contributed by atoms with E-state index in [-0.39, 0.29) is 5.56 Å². The van der Waals surface area contributed by atoms with Gasteiger partial charge >= 0.3 is 0 Å². The van der Waals surface area contributed by atoms with Crippen LogP contribution < -0.4 is 5.56 Å². The van der Waals surface area contributed by atoms with Crippen molar-refractivity contribution in [2.24, 2.45) is 0 Å². The number of nitrogens with zero attached hydrogens (tertiary/aromatic N) is 2. The third-order valence-corrected chi connectivity index (χ3v) is 3.27. The molecule has 0 bridgehead atoms. The first-order chi connectivity index (χ1) is 8.00. The van der Waals surface area contributed by atoms with Crippen molar-refractivity contribution in [1.29, 1.82) is 0 Å². The number of hydrogen-bond acceptors (Lipinski definition) is 3. The summed E-state index contributed by atoms with van der Waals surface area (Å²) in [6, 6.07) is 2.10. The van der Waals surface area contributed by atoms with Crippen molar-refractivity contribution in [3.05, 3.63) is 27.4 Å². The van der Waals surface area contributed by atoms with Crippen molar-refractivity contribution < 1.29 is 0 Å². The summed E-state index contributed by atoms with van der Waals surface area (Å²) in [5.41, 5.74) is -0.134. The topological polar surface area (TPSA) is 41.0 Å². The molecule has 0 aliphatic rings. The van der Waals surface area contributed by atoms with Crippen molar-refractivity contribution in [3.63, 3.8) is 0 Å². The van der Waals surface area contributed by atoms with Crippen molar-refractivity contribution in [3.8, 4) is 0 Å². The van der Waals surface area contributed by atoms with Gasteiger partial charge in [-0.05, 0) is 52.5 Å². The molecule has 0 saturated heterocycles. The van der Waals surface area contributed by atoms with Gasteiger partial charge in [-0.3, -0.25) is 9.78 Å². The number of hydrogen-bond donors (Lipinski definition) is 1. The van der Waals surface area contributed by atoms with Crippen LogP contribution in [-0.2, 0) is 6.54 Å². The van der Waals surface area contributed by atoms with E-state index in [1.54, 1.807) is 6.20 Å². The van der Waals surface area contributed by atoms with Gasteiger partial charge in [-0.15, -0.1) is 0 Å². The quantitative estimate of drug-likeness (QED) is 0.624. The van der Waals surface area contributed by atoms with Gasteiger partial charge in [0.15, 0.2) is 4.77 Å². The van der Waals surface area contributed by atoms with Crippen LogP contribution in [0.25, 0.3) is 0 Å². The van der Waals surface area contributed by atoms with Crippen molar-refractivity contribution in [2.45, 2.75) is 39.3 Å². The van der Waals surface area contributed by atoms with E-state index >= 15 is 0 Å². The SMILES string of the molecule is CC(C)N(C)CCCCn1ccc(=O)[nH]c1=S. The molecule has 0 fully saturated rings. The molecule has 1 rings (SSSR count). The molecule has 4 nitrogen and oxygen atoms in total. The normalized spacial score (nSPS) is 11.4. The Morgan fingerprint density at radius 1 is 1.47 bits per heavy atom. The summed E-state index contributed by atoms with van der Waals surface area (Å²) in [4.78, 5) is 15.9. The number of rotatable bonds is 6. The van der Waals surface area contributed by atoms with Crippen LogP contribution in [0.5, 0.6) is 0 Å². The molecule has 1 N–H and O–H groups in total. The van der Waals surface area contributed by atoms with Gasteiger partial charge in [0.1, 0.15) is 0 Å². The summed E-state index contributed by atoms with van der Waals surface area (Å²) >= 11 is 5.08. The van der Waals surface area contributed by atoms with Crippen molar-refractivity contribution in [2.75, 3.05) is 13.6 Å². The number of aryl methyl sites for hydroxylation is 1. The van der Waals surface area contributed by atoms with E-state index < -0.39 is 0 Å². The molecule has 96 valence electrons. The number of H-pyrrole nitrogens is 1. The van der Waals surface area contributed by atoms with E-state index in [0.29, 0.717) is 10.8 Å². The van der Waals surface area contributed by atoms with E-state index in [1.807, 2.05) is 4.57 Å². The first kappa shape index (κ1) is 14.1. The fourth-order valence-corrected chi connectivity index (χ4v) is 1.77. The maximum Gasteiger partial charge on any atom is 0.251 e. The van der Waals surface area contributed by atoms with Crippen LogP contribution in [0.1, 0.15) is 26.7 Å². The number of aromatic amines is 1. The van der Waals surface area contributed by atoms with E-state index in [9.17, 15) is 4.79 Å². The molecule has 0 spiro atoms. The van der Waals surface area contributed by atoms with Crippen LogP contribution in [0.4, 0.5) is 0 Å². The molecule has 17 heavy (non-hydrogen) atoms. The highest BCUT2D eigenvalue weighted by molar-refractivity contribution is 7.71. The van der Waals surface area contributed by atoms with Crippen LogP contribution in [0.2, 0.25) is 0 Å². The van der Waals surface area contributed by atoms with Crippen LogP contribution in [0, 0.1) is 4.77 Å². The fraction of sp³-hybridized carbons (Fsp3) is 0.667. The zero-order chi connectivity index (χ0) is 12.8. The number of aromatic nitrogens is 2. The van der Waals surface area contributed by atoms with E-state index in [0.717, 1.165) is 25.9 Å². The second-order valence-corrected chi connectivity index (χ2v) is 4.97. The minimum atomic E-state index is -0.134. The van der Waals surface area contributed by atoms with Gasteiger partial charge in [0.2, 0.25) is 0 Å². The predicted octanol–water partition coefficient (Wildman–Crippen LogP) is 2.03. The van der Waals surface area contributed by atoms with Gasteiger partial charge in [-0.2, -0.15) is 0 Å². The van der Waals surface area contributed by atoms with Crippen LogP contribution >= 0.6 is 12.2 Å². The molecule has 0 aliphatic heterocycles. The molecule has 0 unspecified atom stereocenters. The van der Waals surface area contributed by atoms with Crippen LogP contribution in [0.3, 0.4) is 0 Å². The van der Waals surface area contributed by atoms with Gasteiger partial charge in [0.05, 0.1) is 0 Å². The largest absolute Gasteiger partial charge is 0.325 e. The molecule has 0 radical (unpaired) electrons. The molecule has 1 heterocycles. The Morgan fingerprint density at radius 3 is 2.76 bits per heavy atom. The van der Waals surface area contributed by atoms with Crippen LogP contribution in [-0.4, -0.2) is 34.1 Å². The standard InChI is InChI=1S/C12H21N3OS/c1-10(2)14(3)7-4-5-8-15-9-6-11(16)13-12(15)17/h6,9-10H,4-5,7-8H2,1-3H3,(H,13,16,17). The summed E-state index contributed by atoms with van der Waals surface area (Å²) in [6.07, 6.45) is 3.96. The monoisotopic (exact) mass is 255 g/mol. The molecule has 0 amide bonds. The highest BCUT2D eigenvalue weighted by atomic mass is 32.1. The van der Waals surface area contributed by atoms with E-state index in [1.165, 1.54) is 6.07 Å². The highest BCUT2D eigenvalue weighted by Crippen LogP contribution is 2.00. The van der Waals surface area contributed by atoms with Crippen molar-refractivity contribution in [1.82, 2.24) is 14.5 Å². The molecule has 0 saturated carbocycles. The van der Waals surface area contributed by atoms with Crippen molar-refractivity contribution >= 4 is 12.2 Å². The molecule has 5 heteroatoms. The van der Waals surface area contributed by atoms with Gasteiger partial charge in [-0.25, -0.2) is 0 Å². The second-order valence-electron chi connectivity index (χ2n) is 4.58. The fourth-order valence-electron chi connectivity index (χ4n) is 1.52. The Labute approximate surface area is 107 Å². The van der Waals surface area contributed by atoms with E-state index in [4.69, 9.17) is 12.2 Å². The first-order valence-corrected chi connectivity index (χ1v) is 6.41. The molecule has 0 aliphatic carbocycles. The average molecular weight is 255 g/mol. The Kier molecular flexibility index (Phi) is 5.58. The van der Waals surface area contributed by atoms with Gasteiger partial charge in [0, 0.05) is 24.8 Å². The molecular formula is C12H21N3OS. The lowest BCUT2D eigenvalue weighted by atomic mass is 10.2. The Balaban J connectivity index is 2.36. The van der Waals surface area contributed by atoms with Gasteiger partial charge < -0.3 is 9.47 Å². The Morgan fingerprint density at radius 2 is 2.18 bits per heavy atom. The molecule has 1 aromatic heterocycles. The molecule has 0 aromatic carbocycles. The van der Waals surface area contributed by atoms with Crippen LogP contribution in [0.15, 0.2) is 17.1 Å². The highest BCUT2D eigenvalue weighted by Gasteiger charge is 2.02. The summed E-state index contributed by atoms with van der Waals surface area (Å²) in [6.45, 7) is 6.34. The minimum Gasteiger partial charge on any atom is -0.325 e. The maximum absolute atomic E-state index is 11.0.